The first-order chi connectivity index (χ1) is 15.3. The second-order valence-corrected chi connectivity index (χ2v) is 7.68. The summed E-state index contributed by atoms with van der Waals surface area (Å²) in [6, 6.07) is 11.8. The van der Waals surface area contributed by atoms with Crippen LogP contribution in [0.1, 0.15) is 34.8 Å². The Balaban J connectivity index is 1.21. The summed E-state index contributed by atoms with van der Waals surface area (Å²) < 4.78 is 13.6. The number of benzene rings is 1. The molecule has 1 atom stereocenters. The van der Waals surface area contributed by atoms with Gasteiger partial charge in [-0.05, 0) is 36.6 Å². The first kappa shape index (κ1) is 19.4. The summed E-state index contributed by atoms with van der Waals surface area (Å²) in [5, 5.41) is 0. The fourth-order valence-electron chi connectivity index (χ4n) is 3.88. The van der Waals surface area contributed by atoms with Crippen LogP contribution in [0.4, 0.5) is 0 Å². The van der Waals surface area contributed by atoms with Gasteiger partial charge in [0.25, 0.3) is 5.91 Å². The highest BCUT2D eigenvalue weighted by Crippen LogP contribution is 2.18. The molecule has 1 fully saturated rings. The van der Waals surface area contributed by atoms with Gasteiger partial charge in [0.1, 0.15) is 12.8 Å². The van der Waals surface area contributed by atoms with Crippen LogP contribution in [-0.2, 0) is 17.9 Å². The van der Waals surface area contributed by atoms with Crippen molar-refractivity contribution in [3.8, 4) is 0 Å². The number of amides is 1. The third-order valence-corrected chi connectivity index (χ3v) is 5.48. The van der Waals surface area contributed by atoms with E-state index in [4.69, 9.17) is 9.15 Å². The number of fused-ring (bicyclic) bond motifs is 1. The Morgan fingerprint density at radius 1 is 1.23 bits per heavy atom. The maximum atomic E-state index is 13.0. The van der Waals surface area contributed by atoms with E-state index in [2.05, 4.69) is 15.0 Å². The number of imidazole rings is 1. The maximum Gasteiger partial charge on any atom is 0.275 e. The van der Waals surface area contributed by atoms with Crippen LogP contribution in [0, 0.1) is 0 Å². The van der Waals surface area contributed by atoms with Crippen molar-refractivity contribution in [1.29, 1.82) is 0 Å². The third-order valence-electron chi connectivity index (χ3n) is 5.48. The van der Waals surface area contributed by atoms with Crippen molar-refractivity contribution in [3.05, 3.63) is 78.5 Å². The number of likely N-dealkylation sites (tertiary alicyclic amines) is 1. The van der Waals surface area contributed by atoms with Gasteiger partial charge >= 0.3 is 0 Å². The van der Waals surface area contributed by atoms with Gasteiger partial charge in [0.2, 0.25) is 5.89 Å². The van der Waals surface area contributed by atoms with Crippen molar-refractivity contribution in [2.75, 3.05) is 13.1 Å². The van der Waals surface area contributed by atoms with E-state index >= 15 is 0 Å². The van der Waals surface area contributed by atoms with Gasteiger partial charge < -0.3 is 18.6 Å². The Morgan fingerprint density at radius 2 is 2.16 bits per heavy atom. The Kier molecular flexibility index (Phi) is 5.45. The van der Waals surface area contributed by atoms with E-state index in [0.29, 0.717) is 37.8 Å². The normalized spacial score (nSPS) is 16.6. The number of para-hydroxylation sites is 2. The Labute approximate surface area is 179 Å². The minimum Gasteiger partial charge on any atom is -0.446 e. The van der Waals surface area contributed by atoms with Crippen molar-refractivity contribution in [2.45, 2.75) is 32.1 Å². The molecule has 0 radical (unpaired) electrons. The molecule has 31 heavy (non-hydrogen) atoms. The molecule has 8 nitrogen and oxygen atoms in total. The van der Waals surface area contributed by atoms with Crippen LogP contribution in [0.2, 0.25) is 0 Å². The minimum absolute atomic E-state index is 0.00147. The highest BCUT2D eigenvalue weighted by molar-refractivity contribution is 5.92. The standard InChI is InChI=1S/C23H23N5O3/c29-23(27-10-4-6-18(12-27)30-14-17-5-3-9-24-11-17)20-15-31-22(26-20)13-28-16-25-19-7-1-2-8-21(19)28/h1-3,5,7-9,11,15-16,18H,4,6,10,12-14H2/t18-/m0/s1. The predicted octanol–water partition coefficient (Wildman–Crippen LogP) is 3.29. The second-order valence-electron chi connectivity index (χ2n) is 7.68. The van der Waals surface area contributed by atoms with E-state index in [1.807, 2.05) is 41.0 Å². The van der Waals surface area contributed by atoms with Gasteiger partial charge in [-0.1, -0.05) is 18.2 Å². The summed E-state index contributed by atoms with van der Waals surface area (Å²) >= 11 is 0. The number of nitrogens with zero attached hydrogens (tertiary/aromatic N) is 5. The Bertz CT molecular complexity index is 1170. The third kappa shape index (κ3) is 4.34. The van der Waals surface area contributed by atoms with Crippen LogP contribution in [0.25, 0.3) is 11.0 Å². The van der Waals surface area contributed by atoms with Crippen molar-refractivity contribution in [2.24, 2.45) is 0 Å². The highest BCUT2D eigenvalue weighted by atomic mass is 16.5. The Morgan fingerprint density at radius 3 is 3.06 bits per heavy atom. The van der Waals surface area contributed by atoms with Gasteiger partial charge in [-0.15, -0.1) is 0 Å². The molecule has 0 N–H and O–H groups in total. The van der Waals surface area contributed by atoms with E-state index in [1.54, 1.807) is 23.6 Å². The summed E-state index contributed by atoms with van der Waals surface area (Å²) in [6.45, 7) is 2.16. The summed E-state index contributed by atoms with van der Waals surface area (Å²) in [5.74, 6) is 0.355. The number of piperidine rings is 1. The topological polar surface area (TPSA) is 86.3 Å². The fraction of sp³-hybridized carbons (Fsp3) is 0.304. The van der Waals surface area contributed by atoms with Gasteiger partial charge in [0, 0.05) is 25.5 Å². The molecule has 4 heterocycles. The zero-order valence-corrected chi connectivity index (χ0v) is 17.1. The lowest BCUT2D eigenvalue weighted by atomic mass is 10.1. The van der Waals surface area contributed by atoms with Crippen molar-refractivity contribution in [1.82, 2.24) is 24.4 Å². The van der Waals surface area contributed by atoms with Crippen LogP contribution in [0.3, 0.4) is 0 Å². The van der Waals surface area contributed by atoms with Gasteiger partial charge in [0.05, 0.1) is 30.1 Å². The van der Waals surface area contributed by atoms with Gasteiger partial charge in [0.15, 0.2) is 5.69 Å². The zero-order chi connectivity index (χ0) is 21.0. The molecule has 0 aliphatic carbocycles. The molecule has 0 spiro atoms. The lowest BCUT2D eigenvalue weighted by Gasteiger charge is -2.32. The number of carbonyl (C=O) groups is 1. The van der Waals surface area contributed by atoms with E-state index in [-0.39, 0.29) is 12.0 Å². The van der Waals surface area contributed by atoms with Crippen molar-refractivity contribution in [3.63, 3.8) is 0 Å². The number of aromatic nitrogens is 4. The summed E-state index contributed by atoms with van der Waals surface area (Å²) in [4.78, 5) is 27.7. The summed E-state index contributed by atoms with van der Waals surface area (Å²) in [5.41, 5.74) is 3.26. The first-order valence-corrected chi connectivity index (χ1v) is 10.4. The van der Waals surface area contributed by atoms with Crippen LogP contribution >= 0.6 is 0 Å². The molecular weight excluding hydrogens is 394 g/mol. The maximum absolute atomic E-state index is 13.0. The number of hydrogen-bond acceptors (Lipinski definition) is 6. The quantitative estimate of drug-likeness (QED) is 0.479. The van der Waals surface area contributed by atoms with Crippen LogP contribution in [-0.4, -0.2) is 49.5 Å². The van der Waals surface area contributed by atoms with E-state index < -0.39 is 0 Å². The van der Waals surface area contributed by atoms with E-state index in [0.717, 1.165) is 29.4 Å². The average Bonchev–Trinajstić information content (AvgIpc) is 3.46. The highest BCUT2D eigenvalue weighted by Gasteiger charge is 2.27. The summed E-state index contributed by atoms with van der Waals surface area (Å²) in [7, 11) is 0. The van der Waals surface area contributed by atoms with Gasteiger partial charge in [-0.3, -0.25) is 9.78 Å². The number of rotatable bonds is 6. The number of ether oxygens (including phenoxy) is 1. The zero-order valence-electron chi connectivity index (χ0n) is 17.1. The molecule has 8 heteroatoms. The van der Waals surface area contributed by atoms with Gasteiger partial charge in [-0.25, -0.2) is 9.97 Å². The number of oxazole rings is 1. The largest absolute Gasteiger partial charge is 0.446 e. The molecule has 0 saturated carbocycles. The van der Waals surface area contributed by atoms with Crippen LogP contribution in [0.15, 0.2) is 65.8 Å². The monoisotopic (exact) mass is 417 g/mol. The molecule has 1 aliphatic rings. The molecule has 3 aromatic heterocycles. The number of hydrogen-bond donors (Lipinski definition) is 0. The smallest absolute Gasteiger partial charge is 0.275 e. The molecule has 0 unspecified atom stereocenters. The van der Waals surface area contributed by atoms with Crippen LogP contribution < -0.4 is 0 Å². The molecular formula is C23H23N5O3. The summed E-state index contributed by atoms with van der Waals surface area (Å²) in [6.07, 6.45) is 8.57. The number of carbonyl (C=O) groups excluding carboxylic acids is 1. The second kappa shape index (κ2) is 8.69. The molecule has 0 bridgehead atoms. The molecule has 1 amide bonds. The molecule has 1 aliphatic heterocycles. The molecule has 158 valence electrons. The first-order valence-electron chi connectivity index (χ1n) is 10.4. The molecule has 5 rings (SSSR count). The fourth-order valence-corrected chi connectivity index (χ4v) is 3.88. The van der Waals surface area contributed by atoms with E-state index in [9.17, 15) is 4.79 Å². The van der Waals surface area contributed by atoms with Crippen LogP contribution in [0.5, 0.6) is 0 Å². The molecule has 1 saturated heterocycles. The lowest BCUT2D eigenvalue weighted by Crippen LogP contribution is -2.43. The number of pyridine rings is 1. The predicted molar refractivity (Wildman–Crippen MR) is 113 cm³/mol. The average molecular weight is 417 g/mol. The van der Waals surface area contributed by atoms with Gasteiger partial charge in [-0.2, -0.15) is 0 Å². The van der Waals surface area contributed by atoms with E-state index in [1.165, 1.54) is 6.26 Å². The molecule has 1 aromatic carbocycles. The molecule has 4 aromatic rings. The van der Waals surface area contributed by atoms with Crippen molar-refractivity contribution >= 4 is 16.9 Å². The Hall–Kier alpha value is -3.52. The SMILES string of the molecule is O=C(c1coc(Cn2cnc3ccccc32)n1)N1CCC[C@H](OCc2cccnc2)C1. The lowest BCUT2D eigenvalue weighted by molar-refractivity contribution is -0.00697. The van der Waals surface area contributed by atoms with Crippen molar-refractivity contribution < 1.29 is 13.9 Å². The minimum atomic E-state index is -0.125.